The first-order valence-electron chi connectivity index (χ1n) is 11.4. The van der Waals surface area contributed by atoms with E-state index in [1.54, 1.807) is 48.5 Å². The van der Waals surface area contributed by atoms with Gasteiger partial charge in [-0.05, 0) is 36.1 Å². The van der Waals surface area contributed by atoms with Gasteiger partial charge in [0.25, 0.3) is 5.56 Å². The third kappa shape index (κ3) is 5.03. The van der Waals surface area contributed by atoms with Gasteiger partial charge in [0.2, 0.25) is 0 Å². The zero-order valence-electron chi connectivity index (χ0n) is 19.5. The van der Waals surface area contributed by atoms with E-state index in [0.29, 0.717) is 35.6 Å². The first kappa shape index (κ1) is 24.0. The summed E-state index contributed by atoms with van der Waals surface area (Å²) in [7, 11) is 1.28. The molecular formula is C26H27N5O4. The molecule has 1 unspecified atom stereocenters. The number of carbonyl (C=O) groups excluding carboxylic acids is 1. The Morgan fingerprint density at radius 1 is 1.09 bits per heavy atom. The van der Waals surface area contributed by atoms with Crippen LogP contribution in [0.15, 0.2) is 64.2 Å². The molecule has 3 aromatic rings. The number of nitriles is 1. The van der Waals surface area contributed by atoms with Crippen LogP contribution in [0.25, 0.3) is 0 Å². The number of aromatic nitrogens is 2. The average Bonchev–Trinajstić information content (AvgIpc) is 2.88. The molecule has 1 saturated heterocycles. The molecule has 0 spiro atoms. The lowest BCUT2D eigenvalue weighted by atomic mass is 10.1. The van der Waals surface area contributed by atoms with Crippen molar-refractivity contribution in [1.29, 1.82) is 5.26 Å². The Labute approximate surface area is 202 Å². The highest BCUT2D eigenvalue weighted by molar-refractivity contribution is 5.90. The lowest BCUT2D eigenvalue weighted by Crippen LogP contribution is -2.48. The molecule has 0 bridgehead atoms. The third-order valence-electron chi connectivity index (χ3n) is 6.26. The van der Waals surface area contributed by atoms with Crippen LogP contribution in [0.4, 0.5) is 5.82 Å². The first-order chi connectivity index (χ1) is 16.9. The fourth-order valence-electron chi connectivity index (χ4n) is 4.45. The summed E-state index contributed by atoms with van der Waals surface area (Å²) in [5.41, 5.74) is 7.07. The highest BCUT2D eigenvalue weighted by Gasteiger charge is 2.23. The number of ether oxygens (including phenoxy) is 1. The second-order valence-electron chi connectivity index (χ2n) is 8.56. The monoisotopic (exact) mass is 473 g/mol. The van der Waals surface area contributed by atoms with Crippen molar-refractivity contribution in [2.24, 2.45) is 5.73 Å². The molecule has 4 rings (SSSR count). The van der Waals surface area contributed by atoms with Crippen molar-refractivity contribution in [3.63, 3.8) is 0 Å². The van der Waals surface area contributed by atoms with Crippen molar-refractivity contribution in [1.82, 2.24) is 9.13 Å². The van der Waals surface area contributed by atoms with Crippen LogP contribution >= 0.6 is 0 Å². The van der Waals surface area contributed by atoms with Crippen molar-refractivity contribution < 1.29 is 9.53 Å². The fraction of sp³-hybridized carbons (Fsp3) is 0.308. The number of nitrogens with two attached hydrogens (primary N) is 1. The van der Waals surface area contributed by atoms with E-state index in [0.717, 1.165) is 17.4 Å². The molecule has 2 aromatic carbocycles. The number of carbonyl (C=O) groups is 1. The molecule has 0 aliphatic carbocycles. The number of hydrogen-bond donors (Lipinski definition) is 1. The topological polar surface area (TPSA) is 123 Å². The van der Waals surface area contributed by atoms with Gasteiger partial charge in [-0.25, -0.2) is 9.59 Å². The Balaban J connectivity index is 1.85. The van der Waals surface area contributed by atoms with E-state index in [4.69, 9.17) is 10.5 Å². The minimum atomic E-state index is -0.546. The van der Waals surface area contributed by atoms with Crippen LogP contribution in [0.3, 0.4) is 0 Å². The van der Waals surface area contributed by atoms with Crippen LogP contribution in [0.5, 0.6) is 0 Å². The van der Waals surface area contributed by atoms with E-state index >= 15 is 0 Å². The molecule has 1 aliphatic heterocycles. The highest BCUT2D eigenvalue weighted by Crippen LogP contribution is 2.20. The molecule has 9 nitrogen and oxygen atoms in total. The standard InChI is InChI=1S/C26H27N5O4/c1-35-25(33)22-11-5-4-9-20(22)16-31-24(32)13-23(29-12-6-10-21(28)17-29)30(26(31)34)15-19-8-3-2-7-18(19)14-27/h2-5,7-9,11,13,21H,6,10,12,15-17,28H2,1H3. The molecule has 2 heterocycles. The lowest BCUT2D eigenvalue weighted by Gasteiger charge is -2.34. The van der Waals surface area contributed by atoms with Gasteiger partial charge < -0.3 is 15.4 Å². The molecule has 35 heavy (non-hydrogen) atoms. The van der Waals surface area contributed by atoms with Crippen LogP contribution in [0.1, 0.15) is 39.9 Å². The summed E-state index contributed by atoms with van der Waals surface area (Å²) in [6.45, 7) is 1.21. The SMILES string of the molecule is COC(=O)c1ccccc1Cn1c(=O)cc(N2CCCC(N)C2)n(Cc2ccccc2C#N)c1=O. The van der Waals surface area contributed by atoms with E-state index in [2.05, 4.69) is 6.07 Å². The van der Waals surface area contributed by atoms with Crippen LogP contribution < -0.4 is 21.9 Å². The number of hydrogen-bond acceptors (Lipinski definition) is 7. The van der Waals surface area contributed by atoms with Crippen LogP contribution in [-0.4, -0.2) is 41.3 Å². The van der Waals surface area contributed by atoms with Crippen LogP contribution in [0, 0.1) is 11.3 Å². The molecular weight excluding hydrogens is 446 g/mol. The largest absolute Gasteiger partial charge is 0.465 e. The van der Waals surface area contributed by atoms with Gasteiger partial charge in [0.05, 0.1) is 37.4 Å². The predicted octanol–water partition coefficient (Wildman–Crippen LogP) is 1.69. The van der Waals surface area contributed by atoms with E-state index in [1.807, 2.05) is 4.90 Å². The summed E-state index contributed by atoms with van der Waals surface area (Å²) in [6.07, 6.45) is 1.72. The summed E-state index contributed by atoms with van der Waals surface area (Å²) in [5, 5.41) is 9.55. The van der Waals surface area contributed by atoms with Gasteiger partial charge >= 0.3 is 11.7 Å². The number of methoxy groups -OCH3 is 1. The van der Waals surface area contributed by atoms with Gasteiger partial charge in [-0.15, -0.1) is 0 Å². The molecule has 0 amide bonds. The summed E-state index contributed by atoms with van der Waals surface area (Å²) in [6, 6.07) is 17.3. The highest BCUT2D eigenvalue weighted by atomic mass is 16.5. The van der Waals surface area contributed by atoms with Crippen molar-refractivity contribution in [3.05, 3.63) is 97.7 Å². The second-order valence-corrected chi connectivity index (χ2v) is 8.56. The minimum Gasteiger partial charge on any atom is -0.465 e. The number of benzene rings is 2. The maximum Gasteiger partial charge on any atom is 0.338 e. The molecule has 1 fully saturated rings. The Morgan fingerprint density at radius 3 is 2.49 bits per heavy atom. The Morgan fingerprint density at radius 2 is 1.77 bits per heavy atom. The Bertz CT molecular complexity index is 1400. The summed E-state index contributed by atoms with van der Waals surface area (Å²) in [4.78, 5) is 41.1. The summed E-state index contributed by atoms with van der Waals surface area (Å²) >= 11 is 0. The van der Waals surface area contributed by atoms with Crippen molar-refractivity contribution in [2.75, 3.05) is 25.1 Å². The molecule has 1 atom stereocenters. The quantitative estimate of drug-likeness (QED) is 0.541. The predicted molar refractivity (Wildman–Crippen MR) is 132 cm³/mol. The van der Waals surface area contributed by atoms with Gasteiger partial charge in [0.1, 0.15) is 5.82 Å². The Kier molecular flexibility index (Phi) is 7.13. The van der Waals surface area contributed by atoms with Crippen molar-refractivity contribution >= 4 is 11.8 Å². The van der Waals surface area contributed by atoms with Crippen molar-refractivity contribution in [2.45, 2.75) is 32.0 Å². The smallest absolute Gasteiger partial charge is 0.338 e. The maximum atomic E-state index is 13.8. The third-order valence-corrected chi connectivity index (χ3v) is 6.26. The van der Waals surface area contributed by atoms with E-state index in [-0.39, 0.29) is 24.7 Å². The fourth-order valence-corrected chi connectivity index (χ4v) is 4.45. The van der Waals surface area contributed by atoms with Gasteiger partial charge in [-0.1, -0.05) is 36.4 Å². The van der Waals surface area contributed by atoms with E-state index in [1.165, 1.54) is 17.7 Å². The molecule has 0 radical (unpaired) electrons. The summed E-state index contributed by atoms with van der Waals surface area (Å²) in [5.74, 6) is -0.0729. The van der Waals surface area contributed by atoms with Gasteiger partial charge in [-0.3, -0.25) is 13.9 Å². The first-order valence-corrected chi connectivity index (χ1v) is 11.4. The molecule has 180 valence electrons. The number of piperidine rings is 1. The number of anilines is 1. The molecule has 0 saturated carbocycles. The second kappa shape index (κ2) is 10.4. The molecule has 1 aliphatic rings. The maximum absolute atomic E-state index is 13.8. The van der Waals surface area contributed by atoms with Gasteiger partial charge in [0.15, 0.2) is 0 Å². The molecule has 9 heteroatoms. The normalized spacial score (nSPS) is 15.5. The number of esters is 1. The summed E-state index contributed by atoms with van der Waals surface area (Å²) < 4.78 is 7.46. The number of nitrogens with zero attached hydrogens (tertiary/aromatic N) is 4. The zero-order valence-corrected chi connectivity index (χ0v) is 19.5. The van der Waals surface area contributed by atoms with E-state index in [9.17, 15) is 19.6 Å². The average molecular weight is 474 g/mol. The van der Waals surface area contributed by atoms with Gasteiger partial charge in [0, 0.05) is 25.2 Å². The van der Waals surface area contributed by atoms with Crippen LogP contribution in [0.2, 0.25) is 0 Å². The molecule has 2 N–H and O–H groups in total. The minimum absolute atomic E-state index is 0.0620. The van der Waals surface area contributed by atoms with E-state index < -0.39 is 17.2 Å². The zero-order chi connectivity index (χ0) is 24.9. The Hall–Kier alpha value is -4.16. The van der Waals surface area contributed by atoms with Crippen LogP contribution in [-0.2, 0) is 17.8 Å². The van der Waals surface area contributed by atoms with Crippen molar-refractivity contribution in [3.8, 4) is 6.07 Å². The van der Waals surface area contributed by atoms with Gasteiger partial charge in [-0.2, -0.15) is 5.26 Å². The molecule has 1 aromatic heterocycles. The number of rotatable bonds is 6. The lowest BCUT2D eigenvalue weighted by molar-refractivity contribution is 0.0599.